The molecule has 0 aromatic carbocycles. The molecule has 0 fully saturated rings. The highest BCUT2D eigenvalue weighted by Crippen LogP contribution is 2.09. The molecule has 0 unspecified atom stereocenters. The van der Waals surface area contributed by atoms with Crippen LogP contribution in [0.15, 0.2) is 0 Å². The van der Waals surface area contributed by atoms with E-state index in [1.807, 2.05) is 0 Å². The van der Waals surface area contributed by atoms with Gasteiger partial charge in [0.1, 0.15) is 0 Å². The zero-order valence-electron chi connectivity index (χ0n) is 9.76. The van der Waals surface area contributed by atoms with E-state index in [1.165, 1.54) is 12.8 Å². The fourth-order valence-corrected chi connectivity index (χ4v) is 1.79. The molecule has 0 aromatic rings. The lowest BCUT2D eigenvalue weighted by atomic mass is 10.0. The number of hydrogen-bond acceptors (Lipinski definition) is 2. The lowest BCUT2D eigenvalue weighted by molar-refractivity contribution is 0.139. The number of rotatable bonds is 9. The van der Waals surface area contributed by atoms with Gasteiger partial charge in [-0.3, -0.25) is 4.90 Å². The summed E-state index contributed by atoms with van der Waals surface area (Å²) in [7, 11) is 1.75. The van der Waals surface area contributed by atoms with E-state index in [0.29, 0.717) is 5.88 Å². The van der Waals surface area contributed by atoms with Crippen LogP contribution in [0.2, 0.25) is 0 Å². The summed E-state index contributed by atoms with van der Waals surface area (Å²) in [4.78, 5) is 2.40. The maximum Gasteiger partial charge on any atom is 0.0589 e. The summed E-state index contributed by atoms with van der Waals surface area (Å²) in [6.45, 7) is 8.44. The molecule has 14 heavy (non-hydrogen) atoms. The van der Waals surface area contributed by atoms with Gasteiger partial charge in [0, 0.05) is 32.6 Å². The van der Waals surface area contributed by atoms with Crippen LogP contribution in [0, 0.1) is 5.92 Å². The molecule has 0 atom stereocenters. The normalized spacial score (nSPS) is 11.6. The predicted molar refractivity (Wildman–Crippen MR) is 63.1 cm³/mol. The van der Waals surface area contributed by atoms with E-state index in [2.05, 4.69) is 18.7 Å². The first-order chi connectivity index (χ1) is 6.78. The van der Waals surface area contributed by atoms with E-state index in [0.717, 1.165) is 32.2 Å². The van der Waals surface area contributed by atoms with Gasteiger partial charge >= 0.3 is 0 Å². The molecular weight excluding hydrogens is 198 g/mol. The van der Waals surface area contributed by atoms with Crippen LogP contribution in [-0.4, -0.2) is 44.1 Å². The molecule has 3 heteroatoms. The molecule has 0 heterocycles. The van der Waals surface area contributed by atoms with Crippen LogP contribution in [0.1, 0.15) is 26.7 Å². The summed E-state index contributed by atoms with van der Waals surface area (Å²) in [5.74, 6) is 1.51. The van der Waals surface area contributed by atoms with Gasteiger partial charge in [-0.15, -0.1) is 11.6 Å². The minimum Gasteiger partial charge on any atom is -0.383 e. The Bertz CT molecular complexity index is 118. The van der Waals surface area contributed by atoms with Crippen molar-refractivity contribution in [3.8, 4) is 0 Å². The third-order valence-electron chi connectivity index (χ3n) is 2.68. The molecular formula is C11H24ClNO. The van der Waals surface area contributed by atoms with Crippen molar-refractivity contribution in [2.45, 2.75) is 26.7 Å². The second kappa shape index (κ2) is 9.75. The van der Waals surface area contributed by atoms with E-state index in [-0.39, 0.29) is 0 Å². The minimum atomic E-state index is 0.712. The second-order valence-electron chi connectivity index (χ2n) is 3.66. The van der Waals surface area contributed by atoms with Gasteiger partial charge in [-0.1, -0.05) is 26.7 Å². The Kier molecular flexibility index (Phi) is 9.90. The van der Waals surface area contributed by atoms with Gasteiger partial charge < -0.3 is 4.74 Å². The monoisotopic (exact) mass is 221 g/mol. The minimum absolute atomic E-state index is 0.712. The molecule has 0 aliphatic carbocycles. The first-order valence-electron chi connectivity index (χ1n) is 5.55. The summed E-state index contributed by atoms with van der Waals surface area (Å²) in [5.41, 5.74) is 0. The van der Waals surface area contributed by atoms with Crippen molar-refractivity contribution >= 4 is 11.6 Å². The van der Waals surface area contributed by atoms with Gasteiger partial charge in [0.2, 0.25) is 0 Å². The largest absolute Gasteiger partial charge is 0.383 e. The second-order valence-corrected chi connectivity index (χ2v) is 4.04. The zero-order chi connectivity index (χ0) is 10.8. The Morgan fingerprint density at radius 3 is 2.29 bits per heavy atom. The van der Waals surface area contributed by atoms with Crippen LogP contribution in [-0.2, 0) is 4.74 Å². The molecule has 2 nitrogen and oxygen atoms in total. The van der Waals surface area contributed by atoms with Crippen LogP contribution >= 0.6 is 11.6 Å². The number of nitrogens with zero attached hydrogens (tertiary/aromatic N) is 1. The van der Waals surface area contributed by atoms with Gasteiger partial charge in [-0.25, -0.2) is 0 Å². The lowest BCUT2D eigenvalue weighted by Crippen LogP contribution is -2.33. The molecule has 0 rings (SSSR count). The summed E-state index contributed by atoms with van der Waals surface area (Å²) in [6.07, 6.45) is 2.50. The van der Waals surface area contributed by atoms with Gasteiger partial charge in [-0.05, 0) is 5.92 Å². The van der Waals surface area contributed by atoms with E-state index < -0.39 is 0 Å². The lowest BCUT2D eigenvalue weighted by Gasteiger charge is -2.25. The van der Waals surface area contributed by atoms with Gasteiger partial charge in [0.05, 0.1) is 6.61 Å². The molecule has 0 N–H and O–H groups in total. The number of ether oxygens (including phenoxy) is 1. The van der Waals surface area contributed by atoms with E-state index in [9.17, 15) is 0 Å². The summed E-state index contributed by atoms with van der Waals surface area (Å²) in [5, 5.41) is 0. The van der Waals surface area contributed by atoms with Crippen molar-refractivity contribution in [1.29, 1.82) is 0 Å². The average Bonchev–Trinajstić information content (AvgIpc) is 2.22. The Hall–Kier alpha value is 0.210. The fraction of sp³-hybridized carbons (Fsp3) is 1.00. The van der Waals surface area contributed by atoms with Crippen LogP contribution in [0.25, 0.3) is 0 Å². The summed E-state index contributed by atoms with van der Waals surface area (Å²) in [6, 6.07) is 0. The molecule has 0 saturated carbocycles. The molecule has 0 aromatic heterocycles. The molecule has 0 aliphatic rings. The topological polar surface area (TPSA) is 12.5 Å². The average molecular weight is 222 g/mol. The van der Waals surface area contributed by atoms with Crippen molar-refractivity contribution in [3.05, 3.63) is 0 Å². The van der Waals surface area contributed by atoms with Crippen LogP contribution in [0.5, 0.6) is 0 Å². The summed E-state index contributed by atoms with van der Waals surface area (Å²) < 4.78 is 5.08. The standard InChI is InChI=1S/C11H24ClNO/c1-4-11(5-2)10-13(7-6-12)8-9-14-3/h11H,4-10H2,1-3H3. The molecule has 0 radical (unpaired) electrons. The maximum atomic E-state index is 5.76. The van der Waals surface area contributed by atoms with Crippen molar-refractivity contribution in [1.82, 2.24) is 4.90 Å². The predicted octanol–water partition coefficient (Wildman–Crippen LogP) is 2.61. The Morgan fingerprint density at radius 1 is 1.21 bits per heavy atom. The van der Waals surface area contributed by atoms with Crippen molar-refractivity contribution in [3.63, 3.8) is 0 Å². The fourth-order valence-electron chi connectivity index (χ4n) is 1.55. The third kappa shape index (κ3) is 6.63. The van der Waals surface area contributed by atoms with Crippen molar-refractivity contribution in [2.24, 2.45) is 5.92 Å². The van der Waals surface area contributed by atoms with E-state index >= 15 is 0 Å². The van der Waals surface area contributed by atoms with Gasteiger partial charge in [-0.2, -0.15) is 0 Å². The number of methoxy groups -OCH3 is 1. The van der Waals surface area contributed by atoms with Crippen LogP contribution < -0.4 is 0 Å². The Balaban J connectivity index is 3.80. The molecule has 86 valence electrons. The first-order valence-corrected chi connectivity index (χ1v) is 6.09. The maximum absolute atomic E-state index is 5.76. The SMILES string of the molecule is CCC(CC)CN(CCCl)CCOC. The Morgan fingerprint density at radius 2 is 1.86 bits per heavy atom. The van der Waals surface area contributed by atoms with Gasteiger partial charge in [0.15, 0.2) is 0 Å². The smallest absolute Gasteiger partial charge is 0.0589 e. The molecule has 0 saturated heterocycles. The van der Waals surface area contributed by atoms with Crippen molar-refractivity contribution in [2.75, 3.05) is 39.2 Å². The quantitative estimate of drug-likeness (QED) is 0.555. The third-order valence-corrected chi connectivity index (χ3v) is 2.85. The van der Waals surface area contributed by atoms with Crippen molar-refractivity contribution < 1.29 is 4.74 Å². The highest BCUT2D eigenvalue weighted by molar-refractivity contribution is 6.18. The zero-order valence-corrected chi connectivity index (χ0v) is 10.5. The highest BCUT2D eigenvalue weighted by Gasteiger charge is 2.10. The molecule has 0 aliphatic heterocycles. The molecule has 0 spiro atoms. The van der Waals surface area contributed by atoms with Crippen LogP contribution in [0.4, 0.5) is 0 Å². The summed E-state index contributed by atoms with van der Waals surface area (Å²) >= 11 is 5.76. The number of hydrogen-bond donors (Lipinski definition) is 0. The van der Waals surface area contributed by atoms with E-state index in [1.54, 1.807) is 7.11 Å². The number of alkyl halides is 1. The molecule has 0 amide bonds. The molecule has 0 bridgehead atoms. The van der Waals surface area contributed by atoms with Crippen LogP contribution in [0.3, 0.4) is 0 Å². The Labute approximate surface area is 93.6 Å². The van der Waals surface area contributed by atoms with E-state index in [4.69, 9.17) is 16.3 Å². The number of halogens is 1. The first kappa shape index (κ1) is 14.2. The van der Waals surface area contributed by atoms with Gasteiger partial charge in [0.25, 0.3) is 0 Å². The highest BCUT2D eigenvalue weighted by atomic mass is 35.5.